The van der Waals surface area contributed by atoms with Gasteiger partial charge in [0.15, 0.2) is 0 Å². The van der Waals surface area contributed by atoms with E-state index in [-0.39, 0.29) is 0 Å². The van der Waals surface area contributed by atoms with Crippen LogP contribution in [0.5, 0.6) is 5.88 Å². The molecule has 1 heterocycles. The summed E-state index contributed by atoms with van der Waals surface area (Å²) in [4.78, 5) is 4.60. The summed E-state index contributed by atoms with van der Waals surface area (Å²) in [6.07, 6.45) is 6.22. The van der Waals surface area contributed by atoms with E-state index in [1.807, 2.05) is 0 Å². The van der Waals surface area contributed by atoms with E-state index in [2.05, 4.69) is 36.3 Å². The lowest BCUT2D eigenvalue weighted by atomic mass is 9.96. The standard InChI is InChI=1S/C15H24N2O/c1-3-6-13-9-12(11-16-4-2)10-15(17-13)18-14-7-5-8-14/h9-10,14,16H,3-8,11H2,1-2H3. The summed E-state index contributed by atoms with van der Waals surface area (Å²) < 4.78 is 5.92. The van der Waals surface area contributed by atoms with Crippen molar-refractivity contribution in [1.82, 2.24) is 10.3 Å². The van der Waals surface area contributed by atoms with Crippen molar-refractivity contribution >= 4 is 0 Å². The maximum absolute atomic E-state index is 5.92. The molecule has 1 aromatic rings. The molecule has 2 rings (SSSR count). The molecule has 1 N–H and O–H groups in total. The third-order valence-corrected chi connectivity index (χ3v) is 3.34. The van der Waals surface area contributed by atoms with E-state index in [1.165, 1.54) is 24.8 Å². The van der Waals surface area contributed by atoms with E-state index in [4.69, 9.17) is 4.74 Å². The lowest BCUT2D eigenvalue weighted by molar-refractivity contribution is 0.114. The van der Waals surface area contributed by atoms with E-state index in [1.54, 1.807) is 0 Å². The van der Waals surface area contributed by atoms with Crippen LogP contribution in [0.2, 0.25) is 0 Å². The van der Waals surface area contributed by atoms with Crippen LogP contribution in [0.3, 0.4) is 0 Å². The number of nitrogens with one attached hydrogen (secondary N) is 1. The van der Waals surface area contributed by atoms with E-state index in [9.17, 15) is 0 Å². The molecule has 3 heteroatoms. The number of hydrogen-bond acceptors (Lipinski definition) is 3. The molecule has 0 aliphatic heterocycles. The number of nitrogens with zero attached hydrogens (tertiary/aromatic N) is 1. The van der Waals surface area contributed by atoms with Crippen LogP contribution in [0, 0.1) is 0 Å². The van der Waals surface area contributed by atoms with Crippen LogP contribution in [0.25, 0.3) is 0 Å². The Bertz CT molecular complexity index is 375. The summed E-state index contributed by atoms with van der Waals surface area (Å²) in [6.45, 7) is 6.20. The van der Waals surface area contributed by atoms with E-state index < -0.39 is 0 Å². The van der Waals surface area contributed by atoms with Gasteiger partial charge in [-0.2, -0.15) is 0 Å². The van der Waals surface area contributed by atoms with Crippen LogP contribution in [0.4, 0.5) is 0 Å². The Labute approximate surface area is 110 Å². The van der Waals surface area contributed by atoms with Crippen molar-refractivity contribution in [2.24, 2.45) is 0 Å². The van der Waals surface area contributed by atoms with Crippen molar-refractivity contribution < 1.29 is 4.74 Å². The summed E-state index contributed by atoms with van der Waals surface area (Å²) in [5, 5.41) is 3.36. The van der Waals surface area contributed by atoms with Crippen LogP contribution in [0.1, 0.15) is 50.8 Å². The minimum Gasteiger partial charge on any atom is -0.474 e. The highest BCUT2D eigenvalue weighted by Gasteiger charge is 2.19. The van der Waals surface area contributed by atoms with Gasteiger partial charge in [-0.15, -0.1) is 0 Å². The number of pyridine rings is 1. The molecule has 1 aliphatic carbocycles. The van der Waals surface area contributed by atoms with Crippen molar-refractivity contribution in [3.8, 4) is 5.88 Å². The topological polar surface area (TPSA) is 34.1 Å². The average molecular weight is 248 g/mol. The minimum absolute atomic E-state index is 0.404. The zero-order valence-corrected chi connectivity index (χ0v) is 11.5. The molecule has 1 fully saturated rings. The number of rotatable bonds is 7. The zero-order chi connectivity index (χ0) is 12.8. The average Bonchev–Trinajstić information content (AvgIpc) is 2.32. The molecule has 3 nitrogen and oxygen atoms in total. The molecule has 1 aliphatic rings. The Kier molecular flexibility index (Phi) is 5.00. The quantitative estimate of drug-likeness (QED) is 0.805. The van der Waals surface area contributed by atoms with Gasteiger partial charge in [-0.3, -0.25) is 0 Å². The molecule has 0 atom stereocenters. The van der Waals surface area contributed by atoms with Gasteiger partial charge in [0.2, 0.25) is 5.88 Å². The molecule has 0 aromatic carbocycles. The number of aryl methyl sites for hydroxylation is 1. The highest BCUT2D eigenvalue weighted by atomic mass is 16.5. The summed E-state index contributed by atoms with van der Waals surface area (Å²) in [7, 11) is 0. The van der Waals surface area contributed by atoms with Crippen LogP contribution < -0.4 is 10.1 Å². The first-order valence-corrected chi connectivity index (χ1v) is 7.19. The Hall–Kier alpha value is -1.09. The molecule has 18 heavy (non-hydrogen) atoms. The van der Waals surface area contributed by atoms with Crippen LogP contribution in [-0.2, 0) is 13.0 Å². The van der Waals surface area contributed by atoms with Gasteiger partial charge < -0.3 is 10.1 Å². The summed E-state index contributed by atoms with van der Waals surface area (Å²) >= 11 is 0. The first-order chi connectivity index (χ1) is 8.81. The molecule has 1 saturated carbocycles. The second-order valence-electron chi connectivity index (χ2n) is 5.01. The van der Waals surface area contributed by atoms with Gasteiger partial charge in [-0.1, -0.05) is 20.3 Å². The molecule has 0 amide bonds. The van der Waals surface area contributed by atoms with E-state index >= 15 is 0 Å². The number of hydrogen-bond donors (Lipinski definition) is 1. The third kappa shape index (κ3) is 3.70. The van der Waals surface area contributed by atoms with Gasteiger partial charge in [-0.25, -0.2) is 4.98 Å². The molecule has 0 saturated heterocycles. The van der Waals surface area contributed by atoms with Crippen molar-refractivity contribution in [2.45, 2.75) is 58.6 Å². The fraction of sp³-hybridized carbons (Fsp3) is 0.667. The predicted molar refractivity (Wildman–Crippen MR) is 73.9 cm³/mol. The van der Waals surface area contributed by atoms with Crippen molar-refractivity contribution in [3.05, 3.63) is 23.4 Å². The highest BCUT2D eigenvalue weighted by molar-refractivity contribution is 5.25. The molecule has 100 valence electrons. The van der Waals surface area contributed by atoms with Crippen molar-refractivity contribution in [3.63, 3.8) is 0 Å². The maximum Gasteiger partial charge on any atom is 0.214 e. The fourth-order valence-corrected chi connectivity index (χ4v) is 2.10. The van der Waals surface area contributed by atoms with Crippen molar-refractivity contribution in [2.75, 3.05) is 6.54 Å². The summed E-state index contributed by atoms with van der Waals surface area (Å²) in [5.74, 6) is 0.818. The maximum atomic E-state index is 5.92. The second-order valence-corrected chi connectivity index (χ2v) is 5.01. The summed E-state index contributed by atoms with van der Waals surface area (Å²) in [6, 6.07) is 4.28. The van der Waals surface area contributed by atoms with Crippen LogP contribution in [0.15, 0.2) is 12.1 Å². The third-order valence-electron chi connectivity index (χ3n) is 3.34. The first kappa shape index (κ1) is 13.3. The second kappa shape index (κ2) is 6.74. The minimum atomic E-state index is 0.404. The molecule has 0 radical (unpaired) electrons. The SMILES string of the molecule is CCCc1cc(CNCC)cc(OC2CCC2)n1. The summed E-state index contributed by atoms with van der Waals surface area (Å²) in [5.41, 5.74) is 2.44. The Morgan fingerprint density at radius 2 is 2.17 bits per heavy atom. The predicted octanol–water partition coefficient (Wildman–Crippen LogP) is 3.07. The lowest BCUT2D eigenvalue weighted by Gasteiger charge is -2.26. The number of aromatic nitrogens is 1. The van der Waals surface area contributed by atoms with Gasteiger partial charge in [0.25, 0.3) is 0 Å². The molecule has 0 unspecified atom stereocenters. The normalized spacial score (nSPS) is 15.4. The molecular formula is C15H24N2O. The largest absolute Gasteiger partial charge is 0.474 e. The molecule has 1 aromatic heterocycles. The number of ether oxygens (including phenoxy) is 1. The molecular weight excluding hydrogens is 224 g/mol. The lowest BCUT2D eigenvalue weighted by Crippen LogP contribution is -2.25. The smallest absolute Gasteiger partial charge is 0.214 e. The van der Waals surface area contributed by atoms with Gasteiger partial charge in [0.05, 0.1) is 0 Å². The Balaban J connectivity index is 2.07. The van der Waals surface area contributed by atoms with Crippen LogP contribution >= 0.6 is 0 Å². The van der Waals surface area contributed by atoms with Gasteiger partial charge in [0.1, 0.15) is 6.10 Å². The fourth-order valence-electron chi connectivity index (χ4n) is 2.10. The van der Waals surface area contributed by atoms with E-state index in [0.717, 1.165) is 37.5 Å². The zero-order valence-electron chi connectivity index (χ0n) is 11.5. The Morgan fingerprint density at radius 1 is 1.33 bits per heavy atom. The first-order valence-electron chi connectivity index (χ1n) is 7.19. The monoisotopic (exact) mass is 248 g/mol. The van der Waals surface area contributed by atoms with Crippen molar-refractivity contribution in [1.29, 1.82) is 0 Å². The highest BCUT2D eigenvalue weighted by Crippen LogP contribution is 2.25. The van der Waals surface area contributed by atoms with Crippen LogP contribution in [-0.4, -0.2) is 17.6 Å². The van der Waals surface area contributed by atoms with Gasteiger partial charge in [0, 0.05) is 18.3 Å². The van der Waals surface area contributed by atoms with E-state index in [0.29, 0.717) is 6.10 Å². The van der Waals surface area contributed by atoms with Gasteiger partial charge >= 0.3 is 0 Å². The molecule has 0 bridgehead atoms. The molecule has 0 spiro atoms. The Morgan fingerprint density at radius 3 is 2.78 bits per heavy atom. The van der Waals surface area contributed by atoms with Gasteiger partial charge in [-0.05, 0) is 43.9 Å².